The van der Waals surface area contributed by atoms with E-state index < -0.39 is 0 Å². The van der Waals surface area contributed by atoms with E-state index in [1.807, 2.05) is 0 Å². The van der Waals surface area contributed by atoms with E-state index in [2.05, 4.69) is 5.32 Å². The molecule has 0 aromatic heterocycles. The quantitative estimate of drug-likeness (QED) is 0.528. The highest BCUT2D eigenvalue weighted by atomic mass is 16.5. The Kier molecular flexibility index (Phi) is 6.11. The third kappa shape index (κ3) is 5.53. The van der Waals surface area contributed by atoms with E-state index in [4.69, 9.17) is 10.5 Å². The Bertz CT molecular complexity index is 85.7. The summed E-state index contributed by atoms with van der Waals surface area (Å²) in [6.07, 6.45) is 0.413. The number of hydrogen-bond donors (Lipinski definition) is 2. The molecule has 0 aliphatic carbocycles. The van der Waals surface area contributed by atoms with Crippen LogP contribution >= 0.6 is 0 Å². The maximum Gasteiger partial charge on any atom is 0.222 e. The largest absolute Gasteiger partial charge is 0.384 e. The Morgan fingerprint density at radius 2 is 2.40 bits per heavy atom. The highest BCUT2D eigenvalue weighted by Gasteiger charge is 1.96. The number of amides is 1. The number of methoxy groups -OCH3 is 1. The second-order valence-electron chi connectivity index (χ2n) is 1.88. The Morgan fingerprint density at radius 3 is 2.90 bits per heavy atom. The number of hydrogen-bond acceptors (Lipinski definition) is 3. The van der Waals surface area contributed by atoms with Crippen LogP contribution in [0.25, 0.3) is 0 Å². The first-order chi connectivity index (χ1) is 4.81. The molecule has 60 valence electrons. The molecule has 3 N–H and O–H groups in total. The zero-order valence-corrected chi connectivity index (χ0v) is 6.22. The fourth-order valence-corrected chi connectivity index (χ4v) is 0.495. The van der Waals surface area contributed by atoms with Crippen LogP contribution in [0.5, 0.6) is 0 Å². The van der Waals surface area contributed by atoms with Gasteiger partial charge in [-0.3, -0.25) is 4.79 Å². The van der Waals surface area contributed by atoms with Crippen LogP contribution in [0.2, 0.25) is 0 Å². The normalized spacial score (nSPS) is 9.40. The van der Waals surface area contributed by atoms with Gasteiger partial charge in [-0.2, -0.15) is 0 Å². The second-order valence-corrected chi connectivity index (χ2v) is 1.88. The van der Waals surface area contributed by atoms with Gasteiger partial charge in [0.1, 0.15) is 0 Å². The molecule has 0 fully saturated rings. The van der Waals surface area contributed by atoms with Crippen LogP contribution in [0.15, 0.2) is 0 Å². The lowest BCUT2D eigenvalue weighted by Gasteiger charge is -2.01. The first-order valence-electron chi connectivity index (χ1n) is 3.27. The molecule has 0 heterocycles. The molecule has 0 atom stereocenters. The van der Waals surface area contributed by atoms with Crippen molar-refractivity contribution in [2.24, 2.45) is 5.73 Å². The van der Waals surface area contributed by atoms with Crippen molar-refractivity contribution in [3.63, 3.8) is 0 Å². The lowest BCUT2D eigenvalue weighted by atomic mass is 10.4. The number of carbonyl (C=O) groups excluding carboxylic acids is 1. The molecule has 1 amide bonds. The van der Waals surface area contributed by atoms with Crippen molar-refractivity contribution in [3.8, 4) is 0 Å². The number of nitrogens with one attached hydrogen (secondary N) is 1. The zero-order valence-electron chi connectivity index (χ0n) is 6.22. The number of ether oxygens (including phenoxy) is 1. The Labute approximate surface area is 60.7 Å². The molecule has 0 aliphatic heterocycles. The molecule has 0 radical (unpaired) electrons. The molecule has 0 rings (SSSR count). The summed E-state index contributed by atoms with van der Waals surface area (Å²) in [5.74, 6) is -0.00713. The molecule has 0 unspecified atom stereocenters. The van der Waals surface area contributed by atoms with Crippen molar-refractivity contribution >= 4 is 5.91 Å². The Hall–Kier alpha value is -0.610. The van der Waals surface area contributed by atoms with Crippen molar-refractivity contribution in [2.45, 2.75) is 6.42 Å². The van der Waals surface area contributed by atoms with Gasteiger partial charge in [0.25, 0.3) is 0 Å². The predicted molar refractivity (Wildman–Crippen MR) is 38.6 cm³/mol. The van der Waals surface area contributed by atoms with Gasteiger partial charge in [-0.05, 0) is 0 Å². The van der Waals surface area contributed by atoms with Gasteiger partial charge in [0.2, 0.25) is 5.91 Å². The highest BCUT2D eigenvalue weighted by Crippen LogP contribution is 1.78. The van der Waals surface area contributed by atoms with Gasteiger partial charge in [0, 0.05) is 26.6 Å². The second kappa shape index (κ2) is 6.51. The number of carbonyl (C=O) groups is 1. The highest BCUT2D eigenvalue weighted by molar-refractivity contribution is 5.75. The minimum absolute atomic E-state index is 0.00713. The van der Waals surface area contributed by atoms with Crippen LogP contribution in [0.4, 0.5) is 0 Å². The molecule has 0 saturated heterocycles. The summed E-state index contributed by atoms with van der Waals surface area (Å²) < 4.78 is 4.70. The van der Waals surface area contributed by atoms with Crippen LogP contribution in [-0.4, -0.2) is 32.7 Å². The Balaban J connectivity index is 3.09. The molecular weight excluding hydrogens is 132 g/mol. The van der Waals surface area contributed by atoms with Gasteiger partial charge in [0.15, 0.2) is 0 Å². The summed E-state index contributed by atoms with van der Waals surface area (Å²) in [7, 11) is 1.57. The first-order valence-corrected chi connectivity index (χ1v) is 3.27. The molecule has 10 heavy (non-hydrogen) atoms. The summed E-state index contributed by atoms with van der Waals surface area (Å²) in [5, 5.41) is 2.62. The van der Waals surface area contributed by atoms with Crippen LogP contribution in [0.1, 0.15) is 6.42 Å². The van der Waals surface area contributed by atoms with Crippen molar-refractivity contribution < 1.29 is 9.53 Å². The van der Waals surface area contributed by atoms with Crippen LogP contribution in [-0.2, 0) is 9.53 Å². The van der Waals surface area contributed by atoms with Crippen LogP contribution < -0.4 is 11.1 Å². The molecule has 4 heteroatoms. The van der Waals surface area contributed by atoms with Crippen LogP contribution in [0, 0.1) is 0 Å². The summed E-state index contributed by atoms with van der Waals surface area (Å²) in [6.45, 7) is 1.50. The molecule has 0 aliphatic rings. The summed E-state index contributed by atoms with van der Waals surface area (Å²) >= 11 is 0. The summed E-state index contributed by atoms with van der Waals surface area (Å²) in [6, 6.07) is 0. The van der Waals surface area contributed by atoms with E-state index in [1.54, 1.807) is 7.11 Å². The predicted octanol–water partition coefficient (Wildman–Crippen LogP) is -0.902. The van der Waals surface area contributed by atoms with E-state index in [1.165, 1.54) is 0 Å². The fraction of sp³-hybridized carbons (Fsp3) is 0.833. The molecule has 0 spiro atoms. The molecule has 0 saturated carbocycles. The van der Waals surface area contributed by atoms with E-state index in [0.29, 0.717) is 26.1 Å². The van der Waals surface area contributed by atoms with Crippen LogP contribution in [0.3, 0.4) is 0 Å². The zero-order chi connectivity index (χ0) is 7.82. The monoisotopic (exact) mass is 146 g/mol. The van der Waals surface area contributed by atoms with Crippen molar-refractivity contribution in [3.05, 3.63) is 0 Å². The fourth-order valence-electron chi connectivity index (χ4n) is 0.495. The molecule has 4 nitrogen and oxygen atoms in total. The topological polar surface area (TPSA) is 64.3 Å². The molecule has 0 aromatic carbocycles. The Morgan fingerprint density at radius 1 is 1.70 bits per heavy atom. The molecule has 0 bridgehead atoms. The molecular formula is C6H14N2O2. The van der Waals surface area contributed by atoms with E-state index in [0.717, 1.165) is 0 Å². The smallest absolute Gasteiger partial charge is 0.222 e. The van der Waals surface area contributed by atoms with Gasteiger partial charge < -0.3 is 15.8 Å². The van der Waals surface area contributed by atoms with Gasteiger partial charge in [-0.15, -0.1) is 0 Å². The maximum atomic E-state index is 10.7. The standard InChI is InChI=1S/C6H14N2O2/c1-10-5-2-6(9)8-4-3-7/h2-5,7H2,1H3,(H,8,9). The van der Waals surface area contributed by atoms with Gasteiger partial charge in [-0.25, -0.2) is 0 Å². The van der Waals surface area contributed by atoms with Gasteiger partial charge in [-0.1, -0.05) is 0 Å². The van der Waals surface area contributed by atoms with Gasteiger partial charge in [0.05, 0.1) is 6.61 Å². The minimum Gasteiger partial charge on any atom is -0.384 e. The van der Waals surface area contributed by atoms with Crippen molar-refractivity contribution in [1.29, 1.82) is 0 Å². The third-order valence-corrected chi connectivity index (χ3v) is 1.000. The molecule has 0 aromatic rings. The lowest BCUT2D eigenvalue weighted by molar-refractivity contribution is -0.121. The first kappa shape index (κ1) is 9.39. The van der Waals surface area contributed by atoms with Gasteiger partial charge >= 0.3 is 0 Å². The van der Waals surface area contributed by atoms with E-state index in [9.17, 15) is 4.79 Å². The maximum absolute atomic E-state index is 10.7. The SMILES string of the molecule is COCCC(=O)NCCN. The number of rotatable bonds is 5. The average Bonchev–Trinajstić information content (AvgIpc) is 1.97. The van der Waals surface area contributed by atoms with Crippen molar-refractivity contribution in [2.75, 3.05) is 26.8 Å². The summed E-state index contributed by atoms with van der Waals surface area (Å²) in [5.41, 5.74) is 5.16. The minimum atomic E-state index is -0.00713. The summed E-state index contributed by atoms with van der Waals surface area (Å²) in [4.78, 5) is 10.7. The average molecular weight is 146 g/mol. The van der Waals surface area contributed by atoms with E-state index in [-0.39, 0.29) is 5.91 Å². The lowest BCUT2D eigenvalue weighted by Crippen LogP contribution is -2.29. The number of nitrogens with two attached hydrogens (primary N) is 1. The van der Waals surface area contributed by atoms with E-state index >= 15 is 0 Å². The third-order valence-electron chi connectivity index (χ3n) is 1.000. The van der Waals surface area contributed by atoms with Crippen molar-refractivity contribution in [1.82, 2.24) is 5.32 Å².